The molecular formula is C17H19N3S2. The lowest BCUT2D eigenvalue weighted by atomic mass is 10.1. The van der Waals surface area contributed by atoms with E-state index in [1.54, 1.807) is 11.3 Å². The molecule has 1 saturated heterocycles. The minimum atomic E-state index is 0.295. The number of thiazole rings is 1. The maximum absolute atomic E-state index is 4.94. The zero-order valence-corrected chi connectivity index (χ0v) is 14.0. The van der Waals surface area contributed by atoms with Gasteiger partial charge in [0, 0.05) is 19.6 Å². The highest BCUT2D eigenvalue weighted by Crippen LogP contribution is 2.35. The highest BCUT2D eigenvalue weighted by molar-refractivity contribution is 7.18. The highest BCUT2D eigenvalue weighted by Gasteiger charge is 2.26. The summed E-state index contributed by atoms with van der Waals surface area (Å²) in [4.78, 5) is 7.52. The standard InChI is InChI=1S/C17H19N3S2/c1-2-5-15-14(4-1)19-17(22-15)16(13-6-11-21-12-13)20-9-3-7-18-8-10-20/h1-2,4-6,11-12,16,18H,3,7-10H2. The summed E-state index contributed by atoms with van der Waals surface area (Å²) in [6.45, 7) is 4.39. The van der Waals surface area contributed by atoms with E-state index in [1.165, 1.54) is 21.7 Å². The van der Waals surface area contributed by atoms with Gasteiger partial charge in [0.25, 0.3) is 0 Å². The molecule has 1 fully saturated rings. The molecule has 1 aliphatic rings. The third-order valence-corrected chi connectivity index (χ3v) is 5.93. The van der Waals surface area contributed by atoms with Gasteiger partial charge in [0.1, 0.15) is 5.01 Å². The third-order valence-electron chi connectivity index (χ3n) is 4.14. The number of benzene rings is 1. The normalized spacial score (nSPS) is 18.4. The Morgan fingerprint density at radius 1 is 1.14 bits per heavy atom. The van der Waals surface area contributed by atoms with Gasteiger partial charge in [-0.2, -0.15) is 11.3 Å². The molecule has 1 aliphatic heterocycles. The van der Waals surface area contributed by atoms with Crippen molar-refractivity contribution in [3.05, 3.63) is 51.7 Å². The van der Waals surface area contributed by atoms with Gasteiger partial charge in [-0.25, -0.2) is 4.98 Å². The molecule has 3 heterocycles. The van der Waals surface area contributed by atoms with Gasteiger partial charge in [0.05, 0.1) is 16.3 Å². The van der Waals surface area contributed by atoms with Gasteiger partial charge in [0.15, 0.2) is 0 Å². The van der Waals surface area contributed by atoms with Crippen molar-refractivity contribution in [2.45, 2.75) is 12.5 Å². The lowest BCUT2D eigenvalue weighted by molar-refractivity contribution is 0.241. The van der Waals surface area contributed by atoms with Crippen molar-refractivity contribution < 1.29 is 0 Å². The van der Waals surface area contributed by atoms with Crippen LogP contribution < -0.4 is 5.32 Å². The van der Waals surface area contributed by atoms with Crippen LogP contribution in [-0.2, 0) is 0 Å². The average molecular weight is 329 g/mol. The van der Waals surface area contributed by atoms with Crippen molar-refractivity contribution in [2.75, 3.05) is 26.2 Å². The Hall–Kier alpha value is -1.27. The number of aromatic nitrogens is 1. The van der Waals surface area contributed by atoms with Crippen molar-refractivity contribution in [1.29, 1.82) is 0 Å². The molecule has 4 rings (SSSR count). The van der Waals surface area contributed by atoms with Gasteiger partial charge in [-0.1, -0.05) is 12.1 Å². The van der Waals surface area contributed by atoms with E-state index in [4.69, 9.17) is 4.98 Å². The summed E-state index contributed by atoms with van der Waals surface area (Å²) >= 11 is 3.61. The second kappa shape index (κ2) is 6.46. The predicted molar refractivity (Wildman–Crippen MR) is 94.8 cm³/mol. The van der Waals surface area contributed by atoms with E-state index in [0.29, 0.717) is 6.04 Å². The van der Waals surface area contributed by atoms with E-state index in [0.717, 1.165) is 31.7 Å². The first-order valence-electron chi connectivity index (χ1n) is 7.74. The number of rotatable bonds is 3. The van der Waals surface area contributed by atoms with Crippen LogP contribution in [0.15, 0.2) is 41.1 Å². The summed E-state index contributed by atoms with van der Waals surface area (Å²) in [6.07, 6.45) is 1.20. The van der Waals surface area contributed by atoms with E-state index < -0.39 is 0 Å². The zero-order valence-electron chi connectivity index (χ0n) is 12.4. The molecular weight excluding hydrogens is 310 g/mol. The van der Waals surface area contributed by atoms with Gasteiger partial charge in [0.2, 0.25) is 0 Å². The number of nitrogens with zero attached hydrogens (tertiary/aromatic N) is 2. The lowest BCUT2D eigenvalue weighted by Gasteiger charge is -2.28. The van der Waals surface area contributed by atoms with Crippen LogP contribution in [0.2, 0.25) is 0 Å². The number of hydrogen-bond donors (Lipinski definition) is 1. The Bertz CT molecular complexity index is 694. The van der Waals surface area contributed by atoms with Crippen molar-refractivity contribution in [1.82, 2.24) is 15.2 Å². The average Bonchev–Trinajstić information content (AvgIpc) is 3.13. The van der Waals surface area contributed by atoms with Crippen molar-refractivity contribution in [3.63, 3.8) is 0 Å². The van der Waals surface area contributed by atoms with Gasteiger partial charge >= 0.3 is 0 Å². The Morgan fingerprint density at radius 2 is 2.09 bits per heavy atom. The zero-order chi connectivity index (χ0) is 14.8. The van der Waals surface area contributed by atoms with Crippen LogP contribution in [0.25, 0.3) is 10.2 Å². The summed E-state index contributed by atoms with van der Waals surface area (Å²) < 4.78 is 1.28. The molecule has 3 nitrogen and oxygen atoms in total. The SMILES string of the molecule is c1ccc2sc(C(c3ccsc3)N3CCCNCC3)nc2c1. The lowest BCUT2D eigenvalue weighted by Crippen LogP contribution is -2.32. The van der Waals surface area contributed by atoms with Crippen LogP contribution in [0.4, 0.5) is 0 Å². The molecule has 0 aliphatic carbocycles. The smallest absolute Gasteiger partial charge is 0.116 e. The van der Waals surface area contributed by atoms with Crippen LogP contribution in [0.3, 0.4) is 0 Å². The Balaban J connectivity index is 1.75. The maximum Gasteiger partial charge on any atom is 0.116 e. The fourth-order valence-corrected chi connectivity index (χ4v) is 4.88. The molecule has 2 aromatic heterocycles. The maximum atomic E-state index is 4.94. The van der Waals surface area contributed by atoms with Crippen molar-refractivity contribution in [3.8, 4) is 0 Å². The van der Waals surface area contributed by atoms with Gasteiger partial charge < -0.3 is 5.32 Å². The second-order valence-electron chi connectivity index (χ2n) is 5.62. The number of thiophene rings is 1. The van der Waals surface area contributed by atoms with Crippen LogP contribution in [0, 0.1) is 0 Å². The first-order chi connectivity index (χ1) is 10.9. The van der Waals surface area contributed by atoms with E-state index in [-0.39, 0.29) is 0 Å². The number of nitrogens with one attached hydrogen (secondary N) is 1. The first kappa shape index (κ1) is 14.3. The molecule has 1 unspecified atom stereocenters. The van der Waals surface area contributed by atoms with E-state index in [9.17, 15) is 0 Å². The number of para-hydroxylation sites is 1. The summed E-state index contributed by atoms with van der Waals surface area (Å²) in [6, 6.07) is 11.0. The predicted octanol–water partition coefficient (Wildman–Crippen LogP) is 3.74. The summed E-state index contributed by atoms with van der Waals surface area (Å²) in [5.41, 5.74) is 2.50. The first-order valence-corrected chi connectivity index (χ1v) is 9.50. The fraction of sp³-hybridized carbons (Fsp3) is 0.353. The summed E-state index contributed by atoms with van der Waals surface area (Å²) in [5.74, 6) is 0. The molecule has 3 aromatic rings. The molecule has 1 atom stereocenters. The minimum absolute atomic E-state index is 0.295. The van der Waals surface area contributed by atoms with Gasteiger partial charge in [-0.05, 0) is 47.5 Å². The molecule has 5 heteroatoms. The van der Waals surface area contributed by atoms with E-state index in [2.05, 4.69) is 51.3 Å². The summed E-state index contributed by atoms with van der Waals surface area (Å²) in [7, 11) is 0. The van der Waals surface area contributed by atoms with Crippen molar-refractivity contribution >= 4 is 32.9 Å². The quantitative estimate of drug-likeness (QED) is 0.793. The molecule has 22 heavy (non-hydrogen) atoms. The van der Waals surface area contributed by atoms with Crippen LogP contribution >= 0.6 is 22.7 Å². The molecule has 0 spiro atoms. The largest absolute Gasteiger partial charge is 0.315 e. The Labute approximate surface area is 138 Å². The van der Waals surface area contributed by atoms with E-state index >= 15 is 0 Å². The summed E-state index contributed by atoms with van der Waals surface area (Å²) in [5, 5.41) is 9.17. The van der Waals surface area contributed by atoms with Gasteiger partial charge in [-0.3, -0.25) is 4.90 Å². The van der Waals surface area contributed by atoms with Crippen LogP contribution in [0.5, 0.6) is 0 Å². The molecule has 0 bridgehead atoms. The van der Waals surface area contributed by atoms with Crippen LogP contribution in [-0.4, -0.2) is 36.1 Å². The van der Waals surface area contributed by atoms with Crippen molar-refractivity contribution in [2.24, 2.45) is 0 Å². The monoisotopic (exact) mass is 329 g/mol. The molecule has 1 N–H and O–H groups in total. The Kier molecular flexibility index (Phi) is 4.21. The second-order valence-corrected chi connectivity index (χ2v) is 7.46. The topological polar surface area (TPSA) is 28.2 Å². The molecule has 114 valence electrons. The minimum Gasteiger partial charge on any atom is -0.315 e. The molecule has 0 amide bonds. The molecule has 0 radical (unpaired) electrons. The highest BCUT2D eigenvalue weighted by atomic mass is 32.1. The Morgan fingerprint density at radius 3 is 2.95 bits per heavy atom. The number of fused-ring (bicyclic) bond motifs is 1. The van der Waals surface area contributed by atoms with Crippen LogP contribution in [0.1, 0.15) is 23.0 Å². The third kappa shape index (κ3) is 2.82. The van der Waals surface area contributed by atoms with E-state index in [1.807, 2.05) is 11.3 Å². The van der Waals surface area contributed by atoms with Gasteiger partial charge in [-0.15, -0.1) is 11.3 Å². The molecule has 1 aromatic carbocycles. The fourth-order valence-electron chi connectivity index (χ4n) is 3.07. The molecule has 0 saturated carbocycles. The number of hydrogen-bond acceptors (Lipinski definition) is 5.